The van der Waals surface area contributed by atoms with Gasteiger partial charge in [-0.2, -0.15) is 0 Å². The molecule has 0 aliphatic carbocycles. The summed E-state index contributed by atoms with van der Waals surface area (Å²) in [6, 6.07) is 11.2. The van der Waals surface area contributed by atoms with Crippen molar-refractivity contribution in [1.29, 1.82) is 0 Å². The highest BCUT2D eigenvalue weighted by atomic mass is 35.5. The average molecular weight is 192 g/mol. The van der Waals surface area contributed by atoms with E-state index in [1.165, 1.54) is 0 Å². The van der Waals surface area contributed by atoms with Gasteiger partial charge in [0.1, 0.15) is 11.5 Å². The second-order valence-corrected chi connectivity index (χ2v) is 3.15. The summed E-state index contributed by atoms with van der Waals surface area (Å²) in [5, 5.41) is 0.692. The number of hydrogen-bond acceptors (Lipinski definition) is 1. The number of halogens is 1. The molecule has 0 bridgehead atoms. The molecule has 2 heteroatoms. The van der Waals surface area contributed by atoms with E-state index in [1.54, 1.807) is 0 Å². The molecule has 13 heavy (non-hydrogen) atoms. The fourth-order valence-electron chi connectivity index (χ4n) is 1.18. The molecule has 0 atom stereocenters. The molecule has 1 aromatic carbocycles. The fraction of sp³-hybridized carbons (Fsp3) is 0. The van der Waals surface area contributed by atoms with Crippen LogP contribution in [0.2, 0.25) is 5.02 Å². The third kappa shape index (κ3) is 1.61. The van der Waals surface area contributed by atoms with Crippen LogP contribution in [0.3, 0.4) is 0 Å². The molecule has 0 N–H and O–H groups in total. The summed E-state index contributed by atoms with van der Waals surface area (Å²) in [4.78, 5) is 0. The van der Waals surface area contributed by atoms with Crippen molar-refractivity contribution in [3.63, 3.8) is 0 Å². The Labute approximate surface area is 82.0 Å². The van der Waals surface area contributed by atoms with Gasteiger partial charge in [-0.3, -0.25) is 0 Å². The minimum absolute atomic E-state index is 0.648. The van der Waals surface area contributed by atoms with Gasteiger partial charge in [-0.25, -0.2) is 0 Å². The largest absolute Gasteiger partial charge is 0.461 e. The van der Waals surface area contributed by atoms with E-state index in [4.69, 9.17) is 16.0 Å². The summed E-state index contributed by atoms with van der Waals surface area (Å²) in [5.41, 5.74) is 0.902. The van der Waals surface area contributed by atoms with E-state index in [0.29, 0.717) is 10.8 Å². The molecule has 1 aromatic heterocycles. The van der Waals surface area contributed by atoms with E-state index >= 15 is 0 Å². The number of benzene rings is 1. The van der Waals surface area contributed by atoms with E-state index in [1.807, 2.05) is 36.4 Å². The molecule has 0 spiro atoms. The highest BCUT2D eigenvalue weighted by molar-refractivity contribution is 6.33. The van der Waals surface area contributed by atoms with Crippen LogP contribution in [0.25, 0.3) is 11.3 Å². The zero-order valence-electron chi connectivity index (χ0n) is 6.96. The third-order valence-electron chi connectivity index (χ3n) is 1.80. The van der Waals surface area contributed by atoms with Crippen LogP contribution in [0.1, 0.15) is 5.76 Å². The minimum atomic E-state index is 0.648. The number of rotatable bonds is 1. The van der Waals surface area contributed by atoms with Gasteiger partial charge in [0.2, 0.25) is 0 Å². The summed E-state index contributed by atoms with van der Waals surface area (Å²) in [5.74, 6) is 1.41. The third-order valence-corrected chi connectivity index (χ3v) is 2.13. The molecule has 1 heterocycles. The Balaban J connectivity index is 2.52. The molecular weight excluding hydrogens is 184 g/mol. The highest BCUT2D eigenvalue weighted by Gasteiger charge is 2.05. The van der Waals surface area contributed by atoms with E-state index < -0.39 is 0 Å². The number of furan rings is 1. The van der Waals surface area contributed by atoms with Crippen molar-refractivity contribution in [2.75, 3.05) is 0 Å². The Hall–Kier alpha value is -1.21. The van der Waals surface area contributed by atoms with E-state index in [0.717, 1.165) is 11.3 Å². The lowest BCUT2D eigenvalue weighted by atomic mass is 10.2. The Morgan fingerprint density at radius 2 is 1.85 bits per heavy atom. The second-order valence-electron chi connectivity index (χ2n) is 2.75. The molecule has 0 saturated carbocycles. The molecule has 0 aliphatic heterocycles. The second kappa shape index (κ2) is 3.27. The van der Waals surface area contributed by atoms with Crippen molar-refractivity contribution in [1.82, 2.24) is 0 Å². The van der Waals surface area contributed by atoms with Gasteiger partial charge >= 0.3 is 0 Å². The molecule has 1 nitrogen and oxygen atoms in total. The molecule has 2 rings (SSSR count). The highest BCUT2D eigenvalue weighted by Crippen LogP contribution is 2.28. The summed E-state index contributed by atoms with van der Waals surface area (Å²) in [7, 11) is 0. The summed E-state index contributed by atoms with van der Waals surface area (Å²) < 4.78 is 5.35. The maximum Gasteiger partial charge on any atom is 0.135 e. The molecule has 0 fully saturated rings. The molecule has 1 radical (unpaired) electrons. The summed E-state index contributed by atoms with van der Waals surface area (Å²) >= 11 is 5.99. The van der Waals surface area contributed by atoms with Gasteiger partial charge in [0.15, 0.2) is 0 Å². The van der Waals surface area contributed by atoms with Gasteiger partial charge in [0, 0.05) is 12.5 Å². The monoisotopic (exact) mass is 191 g/mol. The van der Waals surface area contributed by atoms with Crippen LogP contribution in [-0.2, 0) is 0 Å². The van der Waals surface area contributed by atoms with Gasteiger partial charge in [-0.05, 0) is 24.3 Å². The quantitative estimate of drug-likeness (QED) is 0.669. The van der Waals surface area contributed by atoms with Gasteiger partial charge in [0.05, 0.1) is 5.02 Å². The van der Waals surface area contributed by atoms with E-state index in [-0.39, 0.29) is 0 Å². The van der Waals surface area contributed by atoms with Crippen molar-refractivity contribution in [2.24, 2.45) is 0 Å². The molecular formula is C11H8ClO. The predicted octanol–water partition coefficient (Wildman–Crippen LogP) is 3.78. The van der Waals surface area contributed by atoms with E-state index in [9.17, 15) is 0 Å². The lowest BCUT2D eigenvalue weighted by molar-refractivity contribution is 0.563. The van der Waals surface area contributed by atoms with Crippen LogP contribution in [-0.4, -0.2) is 0 Å². The molecule has 0 amide bonds. The van der Waals surface area contributed by atoms with Crippen molar-refractivity contribution in [3.05, 3.63) is 54.1 Å². The van der Waals surface area contributed by atoms with Crippen molar-refractivity contribution in [3.8, 4) is 11.3 Å². The molecule has 0 unspecified atom stereocenters. The Kier molecular flexibility index (Phi) is 2.11. The van der Waals surface area contributed by atoms with Gasteiger partial charge in [-0.15, -0.1) is 0 Å². The van der Waals surface area contributed by atoms with E-state index in [2.05, 4.69) is 6.92 Å². The van der Waals surface area contributed by atoms with Crippen LogP contribution in [0.15, 0.2) is 40.8 Å². The average Bonchev–Trinajstić information content (AvgIpc) is 2.53. The summed E-state index contributed by atoms with van der Waals surface area (Å²) in [6.45, 7) is 3.69. The topological polar surface area (TPSA) is 13.1 Å². The van der Waals surface area contributed by atoms with Crippen LogP contribution in [0.4, 0.5) is 0 Å². The predicted molar refractivity (Wildman–Crippen MR) is 53.6 cm³/mol. The lowest BCUT2D eigenvalue weighted by Gasteiger charge is -1.98. The van der Waals surface area contributed by atoms with Crippen molar-refractivity contribution < 1.29 is 4.42 Å². The minimum Gasteiger partial charge on any atom is -0.461 e. The van der Waals surface area contributed by atoms with Crippen LogP contribution >= 0.6 is 11.6 Å². The first kappa shape index (κ1) is 8.39. The van der Waals surface area contributed by atoms with Crippen molar-refractivity contribution >= 4 is 11.6 Å². The van der Waals surface area contributed by atoms with Gasteiger partial charge < -0.3 is 4.42 Å². The number of hydrogen-bond donors (Lipinski definition) is 0. The fourth-order valence-corrected chi connectivity index (χ4v) is 1.41. The Morgan fingerprint density at radius 1 is 1.08 bits per heavy atom. The normalized spacial score (nSPS) is 10.3. The first-order valence-electron chi connectivity index (χ1n) is 3.94. The molecule has 65 valence electrons. The zero-order chi connectivity index (χ0) is 9.26. The Bertz CT molecular complexity index is 418. The van der Waals surface area contributed by atoms with Gasteiger partial charge in [-0.1, -0.05) is 23.7 Å². The zero-order valence-corrected chi connectivity index (χ0v) is 7.71. The molecule has 2 aromatic rings. The first-order valence-corrected chi connectivity index (χ1v) is 4.32. The SMILES string of the molecule is [CH2]c1ccc(-c2ccccc2Cl)o1. The van der Waals surface area contributed by atoms with Crippen LogP contribution in [0.5, 0.6) is 0 Å². The smallest absolute Gasteiger partial charge is 0.135 e. The summed E-state index contributed by atoms with van der Waals surface area (Å²) in [6.07, 6.45) is 0. The first-order chi connectivity index (χ1) is 6.27. The maximum absolute atomic E-state index is 5.99. The van der Waals surface area contributed by atoms with Crippen molar-refractivity contribution in [2.45, 2.75) is 0 Å². The molecule has 0 saturated heterocycles. The maximum atomic E-state index is 5.99. The molecule has 0 aliphatic rings. The van der Waals surface area contributed by atoms with Gasteiger partial charge in [0.25, 0.3) is 0 Å². The lowest BCUT2D eigenvalue weighted by Crippen LogP contribution is -1.74. The Morgan fingerprint density at radius 3 is 2.46 bits per heavy atom. The van der Waals surface area contributed by atoms with Crippen LogP contribution in [0, 0.1) is 6.92 Å². The van der Waals surface area contributed by atoms with Crippen LogP contribution < -0.4 is 0 Å². The standard InChI is InChI=1S/C11H8ClO/c1-8-6-7-11(13-8)9-4-2-3-5-10(9)12/h2-7H,1H2.